The largest absolute Gasteiger partial charge is 0.352 e. The number of nitrogens with one attached hydrogen (secondary N) is 2. The Labute approximate surface area is 138 Å². The molecule has 6 heteroatoms. The number of carbonyl (C=O) groups excluding carboxylic acids is 2. The smallest absolute Gasteiger partial charge is 0.242 e. The van der Waals surface area contributed by atoms with Crippen molar-refractivity contribution in [3.05, 3.63) is 35.4 Å². The summed E-state index contributed by atoms with van der Waals surface area (Å²) in [6, 6.07) is 6.16. The molecular weight excluding hydrogens is 302 g/mol. The number of amides is 2. The minimum Gasteiger partial charge on any atom is -0.352 e. The maximum Gasteiger partial charge on any atom is 0.242 e. The highest BCUT2D eigenvalue weighted by Gasteiger charge is 2.21. The Bertz CT molecular complexity index is 491. The molecule has 0 aliphatic carbocycles. The second-order valence-corrected chi connectivity index (χ2v) is 5.44. The summed E-state index contributed by atoms with van der Waals surface area (Å²) in [4.78, 5) is 24.0. The minimum absolute atomic E-state index is 0. The van der Waals surface area contributed by atoms with Crippen LogP contribution < -0.4 is 16.4 Å². The van der Waals surface area contributed by atoms with Crippen LogP contribution in [0, 0.1) is 6.92 Å². The summed E-state index contributed by atoms with van der Waals surface area (Å²) in [5.74, 6) is -0.556. The average Bonchev–Trinajstić information content (AvgIpc) is 2.46. The Morgan fingerprint density at radius 1 is 1.09 bits per heavy atom. The molecule has 1 aromatic rings. The van der Waals surface area contributed by atoms with E-state index in [4.69, 9.17) is 5.73 Å². The van der Waals surface area contributed by atoms with Gasteiger partial charge in [-0.05, 0) is 32.8 Å². The fourth-order valence-corrected chi connectivity index (χ4v) is 1.76. The first kappa shape index (κ1) is 20.4. The van der Waals surface area contributed by atoms with Gasteiger partial charge in [-0.2, -0.15) is 0 Å². The number of benzene rings is 1. The first-order valence-corrected chi connectivity index (χ1v) is 7.28. The van der Waals surface area contributed by atoms with Gasteiger partial charge in [-0.25, -0.2) is 0 Å². The van der Waals surface area contributed by atoms with Crippen LogP contribution in [-0.2, 0) is 9.59 Å². The van der Waals surface area contributed by atoms with Crippen LogP contribution in [0.1, 0.15) is 44.4 Å². The van der Waals surface area contributed by atoms with Crippen LogP contribution in [0.5, 0.6) is 0 Å². The molecule has 3 atom stereocenters. The van der Waals surface area contributed by atoms with Gasteiger partial charge in [-0.1, -0.05) is 36.8 Å². The second kappa shape index (κ2) is 9.43. The highest BCUT2D eigenvalue weighted by molar-refractivity contribution is 5.90. The lowest BCUT2D eigenvalue weighted by Crippen LogP contribution is -2.49. The lowest BCUT2D eigenvalue weighted by atomic mass is 10.0. The summed E-state index contributed by atoms with van der Waals surface area (Å²) in [6.45, 7) is 7.53. The predicted molar refractivity (Wildman–Crippen MR) is 90.9 cm³/mol. The number of carbonyl (C=O) groups is 2. The zero-order valence-corrected chi connectivity index (χ0v) is 14.4. The Kier molecular flexibility index (Phi) is 8.75. The molecule has 1 aromatic carbocycles. The summed E-state index contributed by atoms with van der Waals surface area (Å²) in [5, 5.41) is 5.47. The van der Waals surface area contributed by atoms with Gasteiger partial charge in [0.2, 0.25) is 11.8 Å². The van der Waals surface area contributed by atoms with E-state index >= 15 is 0 Å². The average molecular weight is 328 g/mol. The lowest BCUT2D eigenvalue weighted by Gasteiger charge is -2.19. The van der Waals surface area contributed by atoms with E-state index in [1.165, 1.54) is 0 Å². The molecule has 0 heterocycles. The molecule has 22 heavy (non-hydrogen) atoms. The summed E-state index contributed by atoms with van der Waals surface area (Å²) in [5.41, 5.74) is 7.75. The van der Waals surface area contributed by atoms with Crippen molar-refractivity contribution in [3.8, 4) is 0 Å². The Morgan fingerprint density at radius 2 is 1.64 bits per heavy atom. The Hall–Kier alpha value is -1.59. The topological polar surface area (TPSA) is 84.2 Å². The van der Waals surface area contributed by atoms with Crippen LogP contribution >= 0.6 is 12.4 Å². The van der Waals surface area contributed by atoms with Crippen LogP contribution in [0.4, 0.5) is 0 Å². The van der Waals surface area contributed by atoms with E-state index in [9.17, 15) is 9.59 Å². The van der Waals surface area contributed by atoms with Gasteiger partial charge in [0.05, 0.1) is 0 Å². The Balaban J connectivity index is 0.00000441. The van der Waals surface area contributed by atoms with Gasteiger partial charge in [0, 0.05) is 6.04 Å². The monoisotopic (exact) mass is 327 g/mol. The van der Waals surface area contributed by atoms with E-state index in [0.29, 0.717) is 0 Å². The van der Waals surface area contributed by atoms with Gasteiger partial charge in [0.1, 0.15) is 12.1 Å². The molecule has 0 aliphatic heterocycles. The molecule has 4 N–H and O–H groups in total. The first-order chi connectivity index (χ1) is 9.85. The van der Waals surface area contributed by atoms with Crippen LogP contribution in [0.3, 0.4) is 0 Å². The number of rotatable bonds is 6. The number of halogens is 1. The third-order valence-corrected chi connectivity index (χ3v) is 3.47. The van der Waals surface area contributed by atoms with E-state index in [-0.39, 0.29) is 30.3 Å². The zero-order valence-electron chi connectivity index (χ0n) is 13.6. The second-order valence-electron chi connectivity index (χ2n) is 5.44. The predicted octanol–water partition coefficient (Wildman–Crippen LogP) is 1.84. The number of hydrogen-bond acceptors (Lipinski definition) is 3. The van der Waals surface area contributed by atoms with E-state index in [0.717, 1.165) is 17.5 Å². The molecule has 0 bridgehead atoms. The molecule has 0 spiro atoms. The van der Waals surface area contributed by atoms with Crippen LogP contribution in [-0.4, -0.2) is 23.9 Å². The highest BCUT2D eigenvalue weighted by Crippen LogP contribution is 2.11. The van der Waals surface area contributed by atoms with E-state index in [1.54, 1.807) is 6.92 Å². The molecule has 5 nitrogen and oxygen atoms in total. The molecule has 0 aliphatic rings. The fourth-order valence-electron chi connectivity index (χ4n) is 1.76. The quantitative estimate of drug-likeness (QED) is 0.745. The normalized spacial score (nSPS) is 14.2. The van der Waals surface area contributed by atoms with E-state index in [2.05, 4.69) is 10.6 Å². The van der Waals surface area contributed by atoms with Gasteiger partial charge >= 0.3 is 0 Å². The molecule has 0 saturated carbocycles. The van der Waals surface area contributed by atoms with Gasteiger partial charge < -0.3 is 16.4 Å². The van der Waals surface area contributed by atoms with Crippen LogP contribution in [0.2, 0.25) is 0 Å². The lowest BCUT2D eigenvalue weighted by molar-refractivity contribution is -0.129. The molecule has 124 valence electrons. The number of hydrogen-bond donors (Lipinski definition) is 3. The molecule has 3 unspecified atom stereocenters. The van der Waals surface area contributed by atoms with Crippen LogP contribution in [0.25, 0.3) is 0 Å². The molecule has 0 saturated heterocycles. The molecular formula is C16H26ClN3O2. The third kappa shape index (κ3) is 6.03. The standard InChI is InChI=1S/C16H25N3O2.ClH/c1-5-11(3)18-15(20)12(4)19-16(21)14(17)13-8-6-10(2)7-9-13;/h6-9,11-12,14H,5,17H2,1-4H3,(H,18,20)(H,19,21);1H. The van der Waals surface area contributed by atoms with Gasteiger partial charge in [-0.3, -0.25) is 9.59 Å². The zero-order chi connectivity index (χ0) is 16.0. The van der Waals surface area contributed by atoms with Crippen molar-refractivity contribution >= 4 is 24.2 Å². The van der Waals surface area contributed by atoms with E-state index in [1.807, 2.05) is 45.0 Å². The Morgan fingerprint density at radius 3 is 2.14 bits per heavy atom. The number of nitrogens with two attached hydrogens (primary N) is 1. The van der Waals surface area contributed by atoms with Crippen molar-refractivity contribution in [1.29, 1.82) is 0 Å². The maximum absolute atomic E-state index is 12.1. The molecule has 1 rings (SSSR count). The van der Waals surface area contributed by atoms with E-state index < -0.39 is 12.1 Å². The van der Waals surface area contributed by atoms with Crippen molar-refractivity contribution in [3.63, 3.8) is 0 Å². The number of aryl methyl sites for hydroxylation is 1. The van der Waals surface area contributed by atoms with Crippen molar-refractivity contribution in [1.82, 2.24) is 10.6 Å². The summed E-state index contributed by atoms with van der Waals surface area (Å²) >= 11 is 0. The van der Waals surface area contributed by atoms with Crippen molar-refractivity contribution in [2.24, 2.45) is 5.73 Å². The minimum atomic E-state index is -0.774. The summed E-state index contributed by atoms with van der Waals surface area (Å²) in [6.07, 6.45) is 0.843. The molecule has 0 aromatic heterocycles. The molecule has 0 radical (unpaired) electrons. The maximum atomic E-state index is 12.1. The van der Waals surface area contributed by atoms with Gasteiger partial charge in [-0.15, -0.1) is 12.4 Å². The van der Waals surface area contributed by atoms with Gasteiger partial charge in [0.15, 0.2) is 0 Å². The van der Waals surface area contributed by atoms with Crippen molar-refractivity contribution in [2.75, 3.05) is 0 Å². The third-order valence-electron chi connectivity index (χ3n) is 3.47. The summed E-state index contributed by atoms with van der Waals surface area (Å²) in [7, 11) is 0. The SMILES string of the molecule is CCC(C)NC(=O)C(C)NC(=O)C(N)c1ccc(C)cc1.Cl. The first-order valence-electron chi connectivity index (χ1n) is 7.28. The fraction of sp³-hybridized carbons (Fsp3) is 0.500. The molecule has 2 amide bonds. The summed E-state index contributed by atoms with van der Waals surface area (Å²) < 4.78 is 0. The van der Waals surface area contributed by atoms with Crippen molar-refractivity contribution < 1.29 is 9.59 Å². The van der Waals surface area contributed by atoms with Gasteiger partial charge in [0.25, 0.3) is 0 Å². The molecule has 0 fully saturated rings. The van der Waals surface area contributed by atoms with Crippen molar-refractivity contribution in [2.45, 2.75) is 52.2 Å². The highest BCUT2D eigenvalue weighted by atomic mass is 35.5. The van der Waals surface area contributed by atoms with Crippen LogP contribution in [0.15, 0.2) is 24.3 Å².